The van der Waals surface area contributed by atoms with Crippen LogP contribution in [0.5, 0.6) is 11.5 Å². The second-order valence-electron chi connectivity index (χ2n) is 14.4. The molecule has 4 bridgehead atoms. The van der Waals surface area contributed by atoms with Gasteiger partial charge in [0, 0.05) is 39.1 Å². The smallest absolute Gasteiger partial charge is 0.409 e. The molecule has 5 rings (SSSR count). The van der Waals surface area contributed by atoms with Gasteiger partial charge in [-0.05, 0) is 56.2 Å². The number of carbonyl (C=O) groups excluding carboxylic acids is 4. The van der Waals surface area contributed by atoms with Gasteiger partial charge in [0.1, 0.15) is 47.0 Å². The van der Waals surface area contributed by atoms with E-state index in [1.807, 2.05) is 13.0 Å². The molecule has 3 aliphatic heterocycles. The largest absolute Gasteiger partial charge is 0.495 e. The number of rotatable bonds is 7. The Kier molecular flexibility index (Phi) is 12.4. The maximum absolute atomic E-state index is 14.1. The van der Waals surface area contributed by atoms with Crippen molar-refractivity contribution in [2.75, 3.05) is 52.6 Å². The van der Waals surface area contributed by atoms with E-state index in [2.05, 4.69) is 5.32 Å². The normalized spacial score (nSPS) is 29.7. The van der Waals surface area contributed by atoms with Gasteiger partial charge in [-0.3, -0.25) is 19.7 Å². The molecule has 2 saturated heterocycles. The Morgan fingerprint density at radius 2 is 1.85 bits per heavy atom. The molecule has 3 heterocycles. The lowest BCUT2D eigenvalue weighted by Crippen LogP contribution is -2.63. The summed E-state index contributed by atoms with van der Waals surface area (Å²) in [5.41, 5.74) is 5.47. The van der Waals surface area contributed by atoms with Crippen LogP contribution < -0.4 is 25.4 Å². The van der Waals surface area contributed by atoms with Gasteiger partial charge in [0.2, 0.25) is 5.91 Å². The van der Waals surface area contributed by atoms with Gasteiger partial charge in [-0.15, -0.1) is 0 Å². The number of benzene rings is 2. The molecule has 2 aromatic carbocycles. The van der Waals surface area contributed by atoms with E-state index in [0.29, 0.717) is 29.3 Å². The maximum atomic E-state index is 14.1. The number of fused-ring (bicyclic) bond motifs is 5. The number of alkyl carbamates (subject to hydrolysis) is 1. The van der Waals surface area contributed by atoms with E-state index in [1.165, 1.54) is 56.4 Å². The van der Waals surface area contributed by atoms with Crippen LogP contribution in [0, 0.1) is 5.92 Å². The van der Waals surface area contributed by atoms with Gasteiger partial charge in [-0.1, -0.05) is 42.3 Å². The number of nitrogens with one attached hydrogen (secondary N) is 1. The van der Waals surface area contributed by atoms with E-state index in [9.17, 15) is 24.3 Å². The molecule has 0 aliphatic carbocycles. The first-order chi connectivity index (χ1) is 25.9. The number of aliphatic hydroxyl groups is 1. The van der Waals surface area contributed by atoms with Crippen molar-refractivity contribution in [1.29, 1.82) is 0 Å². The second-order valence-corrected chi connectivity index (χ2v) is 14.8. The van der Waals surface area contributed by atoms with Crippen LogP contribution in [0.1, 0.15) is 49.5 Å². The number of esters is 1. The van der Waals surface area contributed by atoms with Crippen LogP contribution in [0.25, 0.3) is 0 Å². The topological polar surface area (TPSA) is 192 Å². The minimum absolute atomic E-state index is 0.0690. The van der Waals surface area contributed by atoms with Crippen LogP contribution in [-0.2, 0) is 35.0 Å². The molecule has 3 aliphatic rings. The zero-order chi connectivity index (χ0) is 40.4. The van der Waals surface area contributed by atoms with Gasteiger partial charge in [0.25, 0.3) is 5.91 Å². The lowest BCUT2D eigenvalue weighted by molar-refractivity contribution is -0.154. The van der Waals surface area contributed by atoms with Crippen LogP contribution >= 0.6 is 11.6 Å². The number of hydrogen-bond donors (Lipinski definition) is 3. The molecule has 16 heteroatoms. The van der Waals surface area contributed by atoms with Gasteiger partial charge in [0.05, 0.1) is 38.1 Å². The van der Waals surface area contributed by atoms with Crippen molar-refractivity contribution >= 4 is 46.9 Å². The highest BCUT2D eigenvalue weighted by atomic mass is 35.5. The Morgan fingerprint density at radius 3 is 2.53 bits per heavy atom. The molecule has 4 N–H and O–H groups in total. The molecule has 0 spiro atoms. The average Bonchev–Trinajstić information content (AvgIpc) is 3.84. The number of nitrogens with zero attached hydrogens (tertiary/aromatic N) is 2. The Labute approximate surface area is 325 Å². The third-order valence-corrected chi connectivity index (χ3v) is 10.8. The van der Waals surface area contributed by atoms with Crippen LogP contribution in [0.2, 0.25) is 5.02 Å². The second kappa shape index (κ2) is 16.5. The summed E-state index contributed by atoms with van der Waals surface area (Å²) in [7, 11) is 7.32. The SMILES string of the molecule is COc1cc(C(=O)N(C)CC(=O)O[C@H]2CC(=O)N(C)c3cc(cc(OC)c3Cl)C/C(C)=C/C=C/[C@@H](OC)[C@@]3(O)C[C@H](OC(=O)N3)[C@@H](C)[C@@H]3O[C@@]23C)ccc1N. The number of hydrogen-bond acceptors (Lipinski definition) is 12. The molecule has 298 valence electrons. The average molecular weight is 785 g/mol. The first-order valence-corrected chi connectivity index (χ1v) is 18.1. The summed E-state index contributed by atoms with van der Waals surface area (Å²) in [6, 6.07) is 8.07. The summed E-state index contributed by atoms with van der Waals surface area (Å²) in [5.74, 6) is -1.65. The van der Waals surface area contributed by atoms with Gasteiger partial charge < -0.3 is 49.1 Å². The number of allylic oxidation sites excluding steroid dienone is 3. The van der Waals surface area contributed by atoms with Crippen LogP contribution in [0.15, 0.2) is 54.1 Å². The Hall–Kier alpha value is -4.83. The molecule has 3 amide bonds. The predicted octanol–water partition coefficient (Wildman–Crippen LogP) is 4.03. The maximum Gasteiger partial charge on any atom is 0.409 e. The lowest BCUT2D eigenvalue weighted by atomic mass is 9.83. The summed E-state index contributed by atoms with van der Waals surface area (Å²) in [6.45, 7) is 4.92. The van der Waals surface area contributed by atoms with E-state index in [1.54, 1.807) is 45.2 Å². The quantitative estimate of drug-likeness (QED) is 0.208. The molecule has 2 fully saturated rings. The Balaban J connectivity index is 1.49. The molecule has 55 heavy (non-hydrogen) atoms. The molecule has 0 unspecified atom stereocenters. The molecule has 15 nitrogen and oxygen atoms in total. The number of ether oxygens (including phenoxy) is 6. The van der Waals surface area contributed by atoms with Crippen LogP contribution in [0.3, 0.4) is 0 Å². The van der Waals surface area contributed by atoms with Crippen molar-refractivity contribution in [2.24, 2.45) is 5.92 Å². The van der Waals surface area contributed by atoms with Crippen LogP contribution in [-0.4, -0.2) is 112 Å². The monoisotopic (exact) mass is 784 g/mol. The van der Waals surface area contributed by atoms with Crippen molar-refractivity contribution in [1.82, 2.24) is 10.2 Å². The van der Waals surface area contributed by atoms with E-state index in [0.717, 1.165) is 11.1 Å². The fourth-order valence-corrected chi connectivity index (χ4v) is 7.44. The standard InChI is InChI=1S/C39H49ClN4O11/c1-21-10-9-11-30(52-8)39(49)19-29(53-37(48)42-39)22(2)35-38(3,55-35)31(18-32(45)44(5)26-15-23(14-21)16-28(51-7)34(26)40)54-33(46)20-43(4)36(47)24-12-13-25(41)27(17-24)50-6/h9-13,15-17,22,29-31,35,49H,14,18-20,41H2,1-8H3,(H,42,48)/b11-9+,21-10+/t22-,29+,30-,31+,35+,38+,39+/m1/s1. The lowest BCUT2D eigenvalue weighted by Gasteiger charge is -2.42. The predicted molar refractivity (Wildman–Crippen MR) is 203 cm³/mol. The third-order valence-electron chi connectivity index (χ3n) is 10.4. The number of halogens is 1. The van der Waals surface area contributed by atoms with Gasteiger partial charge >= 0.3 is 12.1 Å². The molecule has 0 radical (unpaired) electrons. The van der Waals surface area contributed by atoms with E-state index in [-0.39, 0.29) is 23.4 Å². The van der Waals surface area contributed by atoms with E-state index >= 15 is 0 Å². The summed E-state index contributed by atoms with van der Waals surface area (Å²) >= 11 is 6.75. The van der Waals surface area contributed by atoms with Gasteiger partial charge in [0.15, 0.2) is 5.72 Å². The number of amides is 3. The summed E-state index contributed by atoms with van der Waals surface area (Å²) < 4.78 is 34.3. The zero-order valence-electron chi connectivity index (χ0n) is 32.2. The first kappa shape index (κ1) is 41.3. The number of carbonyl (C=O) groups is 4. The van der Waals surface area contributed by atoms with Gasteiger partial charge in [-0.25, -0.2) is 4.79 Å². The highest BCUT2D eigenvalue weighted by Gasteiger charge is 2.64. The minimum atomic E-state index is -1.84. The van der Waals surface area contributed by atoms with Crippen molar-refractivity contribution in [3.05, 3.63) is 70.3 Å². The Morgan fingerprint density at radius 1 is 1.15 bits per heavy atom. The summed E-state index contributed by atoms with van der Waals surface area (Å²) in [6.07, 6.45) is 0.720. The highest BCUT2D eigenvalue weighted by Crippen LogP contribution is 2.49. The molecule has 0 saturated carbocycles. The molecular weight excluding hydrogens is 736 g/mol. The first-order valence-electron chi connectivity index (χ1n) is 17.7. The number of nitrogens with two attached hydrogens (primary N) is 1. The Bertz CT molecular complexity index is 1890. The number of methoxy groups -OCH3 is 3. The van der Waals surface area contributed by atoms with Crippen LogP contribution in [0.4, 0.5) is 16.2 Å². The molecule has 0 aromatic heterocycles. The third kappa shape index (κ3) is 8.85. The number of anilines is 2. The highest BCUT2D eigenvalue weighted by molar-refractivity contribution is 6.35. The van der Waals surface area contributed by atoms with E-state index < -0.39 is 72.1 Å². The molecule has 7 atom stereocenters. The van der Waals surface area contributed by atoms with Crippen molar-refractivity contribution in [3.8, 4) is 11.5 Å². The number of likely N-dealkylation sites (N-methyl/N-ethyl adjacent to an activating group) is 1. The molecular formula is C39H49ClN4O11. The van der Waals surface area contributed by atoms with Crippen molar-refractivity contribution in [2.45, 2.75) is 75.8 Å². The fraction of sp³-hybridized carbons (Fsp3) is 0.487. The minimum Gasteiger partial charge on any atom is -0.495 e. The fourth-order valence-electron chi connectivity index (χ4n) is 7.13. The number of epoxide rings is 1. The van der Waals surface area contributed by atoms with Gasteiger partial charge in [-0.2, -0.15) is 0 Å². The summed E-state index contributed by atoms with van der Waals surface area (Å²) in [4.78, 5) is 56.4. The zero-order valence-corrected chi connectivity index (χ0v) is 33.0. The van der Waals surface area contributed by atoms with E-state index in [4.69, 9.17) is 45.8 Å². The summed E-state index contributed by atoms with van der Waals surface area (Å²) in [5, 5.41) is 14.4. The van der Waals surface area contributed by atoms with Crippen molar-refractivity contribution < 1.29 is 52.7 Å². The molecule has 2 aromatic rings. The number of nitrogen functional groups attached to an aromatic ring is 1. The van der Waals surface area contributed by atoms with Crippen molar-refractivity contribution in [3.63, 3.8) is 0 Å².